The van der Waals surface area contributed by atoms with Gasteiger partial charge in [-0.3, -0.25) is 14.5 Å². The molecule has 1 aliphatic rings. The van der Waals surface area contributed by atoms with Crippen LogP contribution in [-0.2, 0) is 14.3 Å². The molecule has 7 nitrogen and oxygen atoms in total. The Labute approximate surface area is 140 Å². The molecule has 0 unspecified atom stereocenters. The van der Waals surface area contributed by atoms with Crippen LogP contribution in [0.1, 0.15) is 5.56 Å². The molecule has 128 valence electrons. The molecule has 1 aliphatic heterocycles. The lowest BCUT2D eigenvalue weighted by molar-refractivity contribution is -0.137. The maximum atomic E-state index is 12.2. The molecule has 24 heavy (non-hydrogen) atoms. The maximum absolute atomic E-state index is 12.2. The van der Waals surface area contributed by atoms with E-state index in [1.807, 2.05) is 0 Å². The Bertz CT molecular complexity index is 682. The van der Waals surface area contributed by atoms with Crippen molar-refractivity contribution in [2.45, 2.75) is 0 Å². The minimum atomic E-state index is -0.433. The highest BCUT2D eigenvalue weighted by molar-refractivity contribution is 6.08. The summed E-state index contributed by atoms with van der Waals surface area (Å²) in [7, 11) is 5.99. The molecule has 0 spiro atoms. The van der Waals surface area contributed by atoms with Gasteiger partial charge in [0.1, 0.15) is 5.76 Å². The van der Waals surface area contributed by atoms with Gasteiger partial charge in [0.15, 0.2) is 11.5 Å². The summed E-state index contributed by atoms with van der Waals surface area (Å²) in [4.78, 5) is 25.0. The topological polar surface area (TPSA) is 74.3 Å². The first kappa shape index (κ1) is 17.4. The van der Waals surface area contributed by atoms with E-state index in [4.69, 9.17) is 18.9 Å². The van der Waals surface area contributed by atoms with Crippen molar-refractivity contribution in [3.05, 3.63) is 35.6 Å². The summed E-state index contributed by atoms with van der Waals surface area (Å²) in [6, 6.07) is 3.41. The second-order valence-electron chi connectivity index (χ2n) is 4.87. The molecule has 0 aromatic heterocycles. The molecular formula is C17H19NO6. The van der Waals surface area contributed by atoms with Gasteiger partial charge in [-0.05, 0) is 23.8 Å². The molecule has 2 rings (SSSR count). The van der Waals surface area contributed by atoms with Crippen LogP contribution in [0, 0.1) is 0 Å². The second kappa shape index (κ2) is 7.54. The van der Waals surface area contributed by atoms with Crippen molar-refractivity contribution in [2.24, 2.45) is 0 Å². The molecule has 0 aliphatic carbocycles. The van der Waals surface area contributed by atoms with E-state index in [0.29, 0.717) is 28.6 Å². The number of methoxy groups -OCH3 is 4. The number of nitrogens with zero attached hydrogens (tertiary/aromatic N) is 1. The fourth-order valence-corrected chi connectivity index (χ4v) is 2.26. The number of imide groups is 1. The second-order valence-corrected chi connectivity index (χ2v) is 4.87. The van der Waals surface area contributed by atoms with Crippen LogP contribution in [-0.4, -0.2) is 51.7 Å². The van der Waals surface area contributed by atoms with E-state index < -0.39 is 11.8 Å². The van der Waals surface area contributed by atoms with Gasteiger partial charge in [0, 0.05) is 12.2 Å². The average molecular weight is 333 g/mol. The van der Waals surface area contributed by atoms with Gasteiger partial charge >= 0.3 is 0 Å². The van der Waals surface area contributed by atoms with E-state index in [9.17, 15) is 9.59 Å². The van der Waals surface area contributed by atoms with Gasteiger partial charge in [-0.2, -0.15) is 0 Å². The lowest BCUT2D eigenvalue weighted by Crippen LogP contribution is -2.31. The fourth-order valence-electron chi connectivity index (χ4n) is 2.26. The van der Waals surface area contributed by atoms with Crippen LogP contribution >= 0.6 is 0 Å². The van der Waals surface area contributed by atoms with E-state index in [1.54, 1.807) is 18.2 Å². The fraction of sp³-hybridized carbons (Fsp3) is 0.294. The van der Waals surface area contributed by atoms with Crippen LogP contribution in [0.15, 0.2) is 30.0 Å². The summed E-state index contributed by atoms with van der Waals surface area (Å²) in [5, 5.41) is 0. The first-order chi connectivity index (χ1) is 11.5. The van der Waals surface area contributed by atoms with Gasteiger partial charge in [0.2, 0.25) is 5.75 Å². The first-order valence-corrected chi connectivity index (χ1v) is 7.12. The standard InChI is InChI=1S/C17H19NO6/c1-21-12-9-16(20)18(10-12)15(19)6-5-11-7-13(22-2)17(24-4)14(8-11)23-3/h5-9H,10H2,1-4H3/b6-5+. The number of carbonyl (C=O) groups is 2. The zero-order valence-electron chi connectivity index (χ0n) is 14.0. The predicted octanol–water partition coefficient (Wildman–Crippen LogP) is 1.62. The summed E-state index contributed by atoms with van der Waals surface area (Å²) >= 11 is 0. The number of carbonyl (C=O) groups excluding carboxylic acids is 2. The molecule has 2 amide bonds. The summed E-state index contributed by atoms with van der Waals surface area (Å²) in [5.74, 6) is 1.04. The predicted molar refractivity (Wildman–Crippen MR) is 86.9 cm³/mol. The van der Waals surface area contributed by atoms with Crippen LogP contribution < -0.4 is 14.2 Å². The van der Waals surface area contributed by atoms with Crippen molar-refractivity contribution < 1.29 is 28.5 Å². The number of hydrogen-bond donors (Lipinski definition) is 0. The normalized spacial score (nSPS) is 13.9. The highest BCUT2D eigenvalue weighted by Crippen LogP contribution is 2.38. The average Bonchev–Trinajstić information content (AvgIpc) is 2.99. The molecule has 0 saturated heterocycles. The van der Waals surface area contributed by atoms with Gasteiger partial charge in [0.25, 0.3) is 11.8 Å². The number of ether oxygens (including phenoxy) is 4. The molecule has 0 atom stereocenters. The Hall–Kier alpha value is -2.96. The number of rotatable bonds is 6. The summed E-state index contributed by atoms with van der Waals surface area (Å²) in [6.45, 7) is 0.133. The maximum Gasteiger partial charge on any atom is 0.257 e. The molecule has 0 saturated carbocycles. The summed E-state index contributed by atoms with van der Waals surface area (Å²) in [6.07, 6.45) is 4.18. The molecule has 0 fully saturated rings. The molecule has 0 bridgehead atoms. The van der Waals surface area contributed by atoms with Crippen molar-refractivity contribution in [2.75, 3.05) is 35.0 Å². The smallest absolute Gasteiger partial charge is 0.257 e. The van der Waals surface area contributed by atoms with Gasteiger partial charge < -0.3 is 18.9 Å². The van der Waals surface area contributed by atoms with Gasteiger partial charge in [-0.15, -0.1) is 0 Å². The van der Waals surface area contributed by atoms with Crippen LogP contribution in [0.2, 0.25) is 0 Å². The Balaban J connectivity index is 2.20. The minimum Gasteiger partial charge on any atom is -0.499 e. The molecule has 1 aromatic carbocycles. The molecule has 0 N–H and O–H groups in total. The third-order valence-electron chi connectivity index (χ3n) is 3.50. The van der Waals surface area contributed by atoms with Crippen LogP contribution in [0.3, 0.4) is 0 Å². The Morgan fingerprint density at radius 2 is 1.67 bits per heavy atom. The summed E-state index contributed by atoms with van der Waals surface area (Å²) < 4.78 is 20.7. The van der Waals surface area contributed by atoms with Crippen LogP contribution in [0.5, 0.6) is 17.2 Å². The van der Waals surface area contributed by atoms with E-state index in [1.165, 1.54) is 40.6 Å². The van der Waals surface area contributed by atoms with Crippen molar-refractivity contribution in [1.82, 2.24) is 4.90 Å². The highest BCUT2D eigenvalue weighted by Gasteiger charge is 2.26. The van der Waals surface area contributed by atoms with E-state index in [-0.39, 0.29) is 6.54 Å². The zero-order chi connectivity index (χ0) is 17.7. The number of hydrogen-bond acceptors (Lipinski definition) is 6. The number of benzene rings is 1. The SMILES string of the molecule is COC1=CC(=O)N(C(=O)/C=C/c2cc(OC)c(OC)c(OC)c2)C1. The van der Waals surface area contributed by atoms with Gasteiger partial charge in [-0.1, -0.05) is 0 Å². The van der Waals surface area contributed by atoms with Crippen LogP contribution in [0.25, 0.3) is 6.08 Å². The van der Waals surface area contributed by atoms with Crippen molar-refractivity contribution in [3.63, 3.8) is 0 Å². The van der Waals surface area contributed by atoms with Crippen molar-refractivity contribution >= 4 is 17.9 Å². The van der Waals surface area contributed by atoms with Crippen LogP contribution in [0.4, 0.5) is 0 Å². The Morgan fingerprint density at radius 3 is 2.12 bits per heavy atom. The van der Waals surface area contributed by atoms with E-state index in [0.717, 1.165) is 4.90 Å². The monoisotopic (exact) mass is 333 g/mol. The molecule has 0 radical (unpaired) electrons. The molecule has 1 heterocycles. The first-order valence-electron chi connectivity index (χ1n) is 7.12. The lowest BCUT2D eigenvalue weighted by Gasteiger charge is -2.13. The quantitative estimate of drug-likeness (QED) is 0.737. The third-order valence-corrected chi connectivity index (χ3v) is 3.50. The summed E-state index contributed by atoms with van der Waals surface area (Å²) in [5.41, 5.74) is 0.671. The van der Waals surface area contributed by atoms with Crippen molar-refractivity contribution in [1.29, 1.82) is 0 Å². The Kier molecular flexibility index (Phi) is 5.47. The molecule has 1 aromatic rings. The van der Waals surface area contributed by atoms with E-state index in [2.05, 4.69) is 0 Å². The molecular weight excluding hydrogens is 314 g/mol. The molecule has 7 heteroatoms. The minimum absolute atomic E-state index is 0.133. The largest absolute Gasteiger partial charge is 0.499 e. The lowest BCUT2D eigenvalue weighted by atomic mass is 10.1. The van der Waals surface area contributed by atoms with E-state index >= 15 is 0 Å². The van der Waals surface area contributed by atoms with Gasteiger partial charge in [0.05, 0.1) is 35.0 Å². The third kappa shape index (κ3) is 3.51. The van der Waals surface area contributed by atoms with Gasteiger partial charge in [-0.25, -0.2) is 0 Å². The van der Waals surface area contributed by atoms with Crippen molar-refractivity contribution in [3.8, 4) is 17.2 Å². The highest BCUT2D eigenvalue weighted by atomic mass is 16.5. The zero-order valence-corrected chi connectivity index (χ0v) is 14.0. The Morgan fingerprint density at radius 1 is 1.04 bits per heavy atom. The number of amides is 2.